The minimum atomic E-state index is -0.432. The van der Waals surface area contributed by atoms with Crippen LogP contribution in [0.1, 0.15) is 23.4 Å². The lowest BCUT2D eigenvalue weighted by Gasteiger charge is -2.22. The van der Waals surface area contributed by atoms with E-state index in [-0.39, 0.29) is 30.9 Å². The average Bonchev–Trinajstić information content (AvgIpc) is 3.03. The van der Waals surface area contributed by atoms with Gasteiger partial charge in [-0.25, -0.2) is 0 Å². The first-order valence-electron chi connectivity index (χ1n) is 6.05. The largest absolute Gasteiger partial charge is 0.444 e. The number of aliphatic hydroxyl groups excluding tert-OH is 1. The van der Waals surface area contributed by atoms with E-state index in [2.05, 4.69) is 21.2 Å². The Balaban J connectivity index is 1.85. The summed E-state index contributed by atoms with van der Waals surface area (Å²) >= 11 is 3.10. The van der Waals surface area contributed by atoms with E-state index in [0.29, 0.717) is 11.2 Å². The van der Waals surface area contributed by atoms with Gasteiger partial charge in [0.15, 0.2) is 10.4 Å². The molecular weight excluding hydrogens is 316 g/mol. The highest BCUT2D eigenvalue weighted by molar-refractivity contribution is 9.10. The van der Waals surface area contributed by atoms with Gasteiger partial charge < -0.3 is 19.7 Å². The predicted molar refractivity (Wildman–Crippen MR) is 70.6 cm³/mol. The molecule has 1 fully saturated rings. The molecule has 0 saturated carbocycles. The lowest BCUT2D eigenvalue weighted by atomic mass is 10.2. The van der Waals surface area contributed by atoms with E-state index < -0.39 is 5.91 Å². The van der Waals surface area contributed by atoms with E-state index in [1.807, 2.05) is 0 Å². The van der Waals surface area contributed by atoms with E-state index in [9.17, 15) is 9.59 Å². The van der Waals surface area contributed by atoms with Gasteiger partial charge in [-0.05, 0) is 40.9 Å². The minimum absolute atomic E-state index is 0.0369. The molecule has 0 radical (unpaired) electrons. The highest BCUT2D eigenvalue weighted by Crippen LogP contribution is 2.16. The molecule has 2 rings (SSSR count). The van der Waals surface area contributed by atoms with Crippen LogP contribution in [0, 0.1) is 0 Å². The third-order valence-electron chi connectivity index (χ3n) is 3.11. The quantitative estimate of drug-likeness (QED) is 0.853. The Kier molecular flexibility index (Phi) is 4.60. The molecule has 7 heteroatoms. The van der Waals surface area contributed by atoms with E-state index in [1.54, 1.807) is 11.0 Å². The summed E-state index contributed by atoms with van der Waals surface area (Å²) in [6, 6.07) is 3.01. The maximum atomic E-state index is 11.9. The van der Waals surface area contributed by atoms with Crippen LogP contribution in [0.2, 0.25) is 0 Å². The molecule has 1 saturated heterocycles. The van der Waals surface area contributed by atoms with Crippen molar-refractivity contribution in [3.8, 4) is 0 Å². The molecule has 0 unspecified atom stereocenters. The van der Waals surface area contributed by atoms with Crippen molar-refractivity contribution in [2.75, 3.05) is 19.7 Å². The molecule has 19 heavy (non-hydrogen) atoms. The van der Waals surface area contributed by atoms with Crippen molar-refractivity contribution in [3.05, 3.63) is 22.6 Å². The van der Waals surface area contributed by atoms with Gasteiger partial charge >= 0.3 is 0 Å². The molecule has 2 amide bonds. The zero-order valence-electron chi connectivity index (χ0n) is 10.3. The summed E-state index contributed by atoms with van der Waals surface area (Å²) in [5, 5.41) is 11.6. The molecule has 1 aliphatic heterocycles. The zero-order chi connectivity index (χ0) is 13.8. The molecule has 1 aromatic heterocycles. The van der Waals surface area contributed by atoms with Crippen LogP contribution in [0.4, 0.5) is 0 Å². The van der Waals surface area contributed by atoms with Crippen molar-refractivity contribution in [2.45, 2.75) is 18.9 Å². The molecule has 1 aromatic rings. The smallest absolute Gasteiger partial charge is 0.287 e. The van der Waals surface area contributed by atoms with Gasteiger partial charge in [0.05, 0.1) is 19.2 Å². The number of rotatable bonds is 4. The lowest BCUT2D eigenvalue weighted by Crippen LogP contribution is -2.43. The molecule has 0 spiro atoms. The molecule has 1 atom stereocenters. The summed E-state index contributed by atoms with van der Waals surface area (Å²) in [5.74, 6) is -0.464. The van der Waals surface area contributed by atoms with E-state index in [4.69, 9.17) is 9.52 Å². The fraction of sp³-hybridized carbons (Fsp3) is 0.500. The minimum Gasteiger partial charge on any atom is -0.444 e. The number of nitrogens with zero attached hydrogens (tertiary/aromatic N) is 1. The number of likely N-dealkylation sites (tertiary alicyclic amines) is 1. The number of nitrogens with one attached hydrogen (secondary N) is 1. The second kappa shape index (κ2) is 6.21. The van der Waals surface area contributed by atoms with Crippen molar-refractivity contribution >= 4 is 27.7 Å². The van der Waals surface area contributed by atoms with Crippen LogP contribution in [-0.4, -0.2) is 47.6 Å². The standard InChI is InChI=1S/C12H15BrN2O4/c13-10-4-3-9(19-10)12(18)14-6-11(17)15-5-1-2-8(15)7-16/h3-4,8,16H,1-2,5-7H2,(H,14,18)/t8-/m1/s1. The summed E-state index contributed by atoms with van der Waals surface area (Å²) in [6.45, 7) is 0.505. The number of aliphatic hydroxyl groups is 1. The maximum Gasteiger partial charge on any atom is 0.287 e. The Morgan fingerprint density at radius 2 is 2.32 bits per heavy atom. The van der Waals surface area contributed by atoms with Crippen LogP contribution >= 0.6 is 15.9 Å². The first-order valence-corrected chi connectivity index (χ1v) is 6.85. The molecular formula is C12H15BrN2O4. The number of carbonyl (C=O) groups is 2. The van der Waals surface area contributed by atoms with Gasteiger partial charge in [0.25, 0.3) is 5.91 Å². The molecule has 2 heterocycles. The van der Waals surface area contributed by atoms with Crippen molar-refractivity contribution in [1.29, 1.82) is 0 Å². The molecule has 0 aliphatic carbocycles. The Bertz CT molecular complexity index is 474. The molecule has 0 aromatic carbocycles. The van der Waals surface area contributed by atoms with Gasteiger partial charge in [-0.15, -0.1) is 0 Å². The third kappa shape index (κ3) is 3.36. The zero-order valence-corrected chi connectivity index (χ0v) is 11.9. The monoisotopic (exact) mass is 330 g/mol. The summed E-state index contributed by atoms with van der Waals surface area (Å²) < 4.78 is 5.55. The van der Waals surface area contributed by atoms with Crippen LogP contribution < -0.4 is 5.32 Å². The Morgan fingerprint density at radius 1 is 1.53 bits per heavy atom. The Morgan fingerprint density at radius 3 is 2.95 bits per heavy atom. The molecule has 104 valence electrons. The van der Waals surface area contributed by atoms with Crippen molar-refractivity contribution in [1.82, 2.24) is 10.2 Å². The van der Waals surface area contributed by atoms with E-state index in [1.165, 1.54) is 6.07 Å². The SMILES string of the molecule is O=C(NCC(=O)N1CCC[C@@H]1CO)c1ccc(Br)o1. The summed E-state index contributed by atoms with van der Waals surface area (Å²) in [4.78, 5) is 25.2. The van der Waals surface area contributed by atoms with E-state index >= 15 is 0 Å². The van der Waals surface area contributed by atoms with Gasteiger partial charge in [-0.2, -0.15) is 0 Å². The van der Waals surface area contributed by atoms with Crippen LogP contribution in [0.25, 0.3) is 0 Å². The number of furan rings is 1. The first-order chi connectivity index (χ1) is 9.11. The van der Waals surface area contributed by atoms with Crippen LogP contribution in [0.5, 0.6) is 0 Å². The molecule has 0 bridgehead atoms. The highest BCUT2D eigenvalue weighted by Gasteiger charge is 2.28. The van der Waals surface area contributed by atoms with E-state index in [0.717, 1.165) is 12.8 Å². The van der Waals surface area contributed by atoms with Crippen LogP contribution in [-0.2, 0) is 4.79 Å². The fourth-order valence-corrected chi connectivity index (χ4v) is 2.44. The van der Waals surface area contributed by atoms with Gasteiger partial charge in [-0.3, -0.25) is 9.59 Å². The fourth-order valence-electron chi connectivity index (χ4n) is 2.13. The number of hydrogen-bond donors (Lipinski definition) is 2. The topological polar surface area (TPSA) is 82.8 Å². The molecule has 1 aliphatic rings. The normalized spacial score (nSPS) is 18.6. The third-order valence-corrected chi connectivity index (χ3v) is 3.53. The number of hydrogen-bond acceptors (Lipinski definition) is 4. The summed E-state index contributed by atoms with van der Waals surface area (Å²) in [6.07, 6.45) is 1.69. The van der Waals surface area contributed by atoms with Crippen molar-refractivity contribution in [2.24, 2.45) is 0 Å². The maximum absolute atomic E-state index is 11.9. The van der Waals surface area contributed by atoms with Crippen LogP contribution in [0.3, 0.4) is 0 Å². The molecule has 2 N–H and O–H groups in total. The van der Waals surface area contributed by atoms with Gasteiger partial charge in [0.2, 0.25) is 5.91 Å². The summed E-state index contributed by atoms with van der Waals surface area (Å²) in [7, 11) is 0. The number of carbonyl (C=O) groups excluding carboxylic acids is 2. The number of halogens is 1. The van der Waals surface area contributed by atoms with Gasteiger partial charge in [0, 0.05) is 6.54 Å². The van der Waals surface area contributed by atoms with Gasteiger partial charge in [0.1, 0.15) is 0 Å². The Labute approximate surface area is 118 Å². The number of amides is 2. The van der Waals surface area contributed by atoms with Crippen molar-refractivity contribution in [3.63, 3.8) is 0 Å². The average molecular weight is 331 g/mol. The predicted octanol–water partition coefficient (Wildman–Crippen LogP) is 0.755. The lowest BCUT2D eigenvalue weighted by molar-refractivity contribution is -0.131. The summed E-state index contributed by atoms with van der Waals surface area (Å²) in [5.41, 5.74) is 0. The molecule has 6 nitrogen and oxygen atoms in total. The Hall–Kier alpha value is -1.34. The second-order valence-corrected chi connectivity index (χ2v) is 5.13. The first kappa shape index (κ1) is 14.1. The van der Waals surface area contributed by atoms with Crippen molar-refractivity contribution < 1.29 is 19.1 Å². The second-order valence-electron chi connectivity index (χ2n) is 4.35. The van der Waals surface area contributed by atoms with Gasteiger partial charge in [-0.1, -0.05) is 0 Å². The van der Waals surface area contributed by atoms with Crippen LogP contribution in [0.15, 0.2) is 21.2 Å². The highest BCUT2D eigenvalue weighted by atomic mass is 79.9.